The average molecular weight is 250 g/mol. The van der Waals surface area contributed by atoms with Gasteiger partial charge in [0.15, 0.2) is 0 Å². The lowest BCUT2D eigenvalue weighted by atomic mass is 10.1. The molecular weight excluding hydrogens is 228 g/mol. The molecule has 0 aliphatic carbocycles. The van der Waals surface area contributed by atoms with E-state index in [2.05, 4.69) is 31.2 Å². The molecule has 0 heterocycles. The van der Waals surface area contributed by atoms with Crippen LogP contribution >= 0.6 is 0 Å². The molecule has 0 saturated heterocycles. The first-order valence-corrected chi connectivity index (χ1v) is 6.27. The van der Waals surface area contributed by atoms with Crippen molar-refractivity contribution in [2.24, 2.45) is 5.73 Å². The Labute approximate surface area is 109 Å². The highest BCUT2D eigenvalue weighted by Gasteiger charge is 2.08. The number of likely N-dealkylation sites (N-methyl/N-ethyl adjacent to an activating group) is 1. The third-order valence-corrected chi connectivity index (χ3v) is 2.76. The summed E-state index contributed by atoms with van der Waals surface area (Å²) in [5.74, 6) is -0.0250. The van der Waals surface area contributed by atoms with Crippen LogP contribution in [0.25, 0.3) is 0 Å². The van der Waals surface area contributed by atoms with Crippen molar-refractivity contribution >= 4 is 5.91 Å². The van der Waals surface area contributed by atoms with Crippen molar-refractivity contribution in [3.63, 3.8) is 0 Å². The summed E-state index contributed by atoms with van der Waals surface area (Å²) in [4.78, 5) is 13.4. The van der Waals surface area contributed by atoms with Gasteiger partial charge in [0.2, 0.25) is 5.91 Å². The van der Waals surface area contributed by atoms with Gasteiger partial charge in [0.05, 0.1) is 6.61 Å². The Bertz CT molecular complexity index is 363. The molecule has 0 fully saturated rings. The minimum atomic E-state index is -0.0250. The number of benzene rings is 1. The third-order valence-electron chi connectivity index (χ3n) is 2.76. The van der Waals surface area contributed by atoms with Crippen LogP contribution in [0.3, 0.4) is 0 Å². The van der Waals surface area contributed by atoms with Crippen LogP contribution in [0.5, 0.6) is 0 Å². The molecule has 0 aromatic heterocycles. The fourth-order valence-electron chi connectivity index (χ4n) is 1.60. The number of amides is 1. The standard InChI is InChI=1S/C14H22N2O2/c1-3-12-4-6-13(7-5-12)10-16(2)14(17)11-18-9-8-15/h4-7H,3,8-11,15H2,1-2H3. The van der Waals surface area contributed by atoms with Gasteiger partial charge in [0, 0.05) is 20.1 Å². The minimum Gasteiger partial charge on any atom is -0.370 e. The maximum absolute atomic E-state index is 11.7. The summed E-state index contributed by atoms with van der Waals surface area (Å²) in [5.41, 5.74) is 7.72. The van der Waals surface area contributed by atoms with Gasteiger partial charge < -0.3 is 15.4 Å². The normalized spacial score (nSPS) is 10.4. The van der Waals surface area contributed by atoms with E-state index in [0.29, 0.717) is 19.7 Å². The van der Waals surface area contributed by atoms with Gasteiger partial charge in [0.1, 0.15) is 6.61 Å². The van der Waals surface area contributed by atoms with Gasteiger partial charge in [0.25, 0.3) is 0 Å². The van der Waals surface area contributed by atoms with E-state index >= 15 is 0 Å². The van der Waals surface area contributed by atoms with Gasteiger partial charge >= 0.3 is 0 Å². The number of carbonyl (C=O) groups excluding carboxylic acids is 1. The zero-order valence-electron chi connectivity index (χ0n) is 11.2. The first-order chi connectivity index (χ1) is 8.67. The molecule has 0 saturated carbocycles. The summed E-state index contributed by atoms with van der Waals surface area (Å²) in [7, 11) is 1.78. The van der Waals surface area contributed by atoms with Crippen molar-refractivity contribution in [2.45, 2.75) is 19.9 Å². The molecule has 4 nitrogen and oxygen atoms in total. The topological polar surface area (TPSA) is 55.6 Å². The molecule has 100 valence electrons. The lowest BCUT2D eigenvalue weighted by molar-refractivity contribution is -0.135. The highest BCUT2D eigenvalue weighted by atomic mass is 16.5. The van der Waals surface area contributed by atoms with Crippen LogP contribution in [0.2, 0.25) is 0 Å². The van der Waals surface area contributed by atoms with Crippen molar-refractivity contribution in [3.05, 3.63) is 35.4 Å². The fraction of sp³-hybridized carbons (Fsp3) is 0.500. The van der Waals surface area contributed by atoms with Crippen LogP contribution in [0.4, 0.5) is 0 Å². The molecule has 0 spiro atoms. The van der Waals surface area contributed by atoms with Crippen molar-refractivity contribution in [1.82, 2.24) is 4.90 Å². The summed E-state index contributed by atoms with van der Waals surface area (Å²) >= 11 is 0. The molecule has 18 heavy (non-hydrogen) atoms. The van der Waals surface area contributed by atoms with E-state index in [-0.39, 0.29) is 12.5 Å². The summed E-state index contributed by atoms with van der Waals surface area (Å²) < 4.78 is 5.12. The molecule has 1 aromatic carbocycles. The van der Waals surface area contributed by atoms with Crippen LogP contribution in [0, 0.1) is 0 Å². The fourth-order valence-corrected chi connectivity index (χ4v) is 1.60. The maximum Gasteiger partial charge on any atom is 0.248 e. The molecule has 2 N–H and O–H groups in total. The van der Waals surface area contributed by atoms with E-state index in [0.717, 1.165) is 12.0 Å². The molecule has 1 amide bonds. The third kappa shape index (κ3) is 4.85. The van der Waals surface area contributed by atoms with Crippen LogP contribution in [-0.2, 0) is 22.5 Å². The molecule has 1 aromatic rings. The first kappa shape index (κ1) is 14.7. The van der Waals surface area contributed by atoms with E-state index in [9.17, 15) is 4.79 Å². The second kappa shape index (κ2) is 7.84. The Morgan fingerprint density at radius 2 is 1.89 bits per heavy atom. The van der Waals surface area contributed by atoms with Gasteiger partial charge in [-0.1, -0.05) is 31.2 Å². The lowest BCUT2D eigenvalue weighted by Gasteiger charge is -2.17. The molecular formula is C14H22N2O2. The zero-order valence-corrected chi connectivity index (χ0v) is 11.2. The number of rotatable bonds is 7. The summed E-state index contributed by atoms with van der Waals surface area (Å²) in [6, 6.07) is 8.31. The number of carbonyl (C=O) groups is 1. The van der Waals surface area contributed by atoms with E-state index in [1.807, 2.05) is 0 Å². The molecule has 0 aliphatic heterocycles. The molecule has 0 bridgehead atoms. The van der Waals surface area contributed by atoms with Crippen LogP contribution in [0.1, 0.15) is 18.1 Å². The number of hydrogen-bond acceptors (Lipinski definition) is 3. The van der Waals surface area contributed by atoms with Gasteiger partial charge in [-0.05, 0) is 17.5 Å². The summed E-state index contributed by atoms with van der Waals surface area (Å²) in [5, 5.41) is 0. The lowest BCUT2D eigenvalue weighted by Crippen LogP contribution is -2.30. The smallest absolute Gasteiger partial charge is 0.248 e. The summed E-state index contributed by atoms with van der Waals surface area (Å²) in [6.07, 6.45) is 1.03. The monoisotopic (exact) mass is 250 g/mol. The number of nitrogens with two attached hydrogens (primary N) is 1. The molecule has 0 aliphatic rings. The van der Waals surface area contributed by atoms with E-state index in [4.69, 9.17) is 10.5 Å². The summed E-state index contributed by atoms with van der Waals surface area (Å²) in [6.45, 7) is 3.69. The molecule has 1 rings (SSSR count). The van der Waals surface area contributed by atoms with Gasteiger partial charge in [-0.15, -0.1) is 0 Å². The highest BCUT2D eigenvalue weighted by molar-refractivity contribution is 5.77. The molecule has 0 unspecified atom stereocenters. The highest BCUT2D eigenvalue weighted by Crippen LogP contribution is 2.07. The van der Waals surface area contributed by atoms with Crippen molar-refractivity contribution < 1.29 is 9.53 Å². The van der Waals surface area contributed by atoms with Crippen LogP contribution in [-0.4, -0.2) is 37.6 Å². The number of nitrogens with zero attached hydrogens (tertiary/aromatic N) is 1. The predicted molar refractivity (Wildman–Crippen MR) is 72.2 cm³/mol. The SMILES string of the molecule is CCc1ccc(CN(C)C(=O)COCCN)cc1. The van der Waals surface area contributed by atoms with Crippen LogP contribution in [0.15, 0.2) is 24.3 Å². The van der Waals surface area contributed by atoms with Gasteiger partial charge in [-0.3, -0.25) is 4.79 Å². The Kier molecular flexibility index (Phi) is 6.39. The quantitative estimate of drug-likeness (QED) is 0.739. The number of aryl methyl sites for hydroxylation is 1. The average Bonchev–Trinajstić information content (AvgIpc) is 2.39. The van der Waals surface area contributed by atoms with E-state index in [1.54, 1.807) is 11.9 Å². The first-order valence-electron chi connectivity index (χ1n) is 6.27. The largest absolute Gasteiger partial charge is 0.370 e. The Hall–Kier alpha value is -1.39. The van der Waals surface area contributed by atoms with E-state index < -0.39 is 0 Å². The Morgan fingerprint density at radius 1 is 1.28 bits per heavy atom. The van der Waals surface area contributed by atoms with Crippen molar-refractivity contribution in [1.29, 1.82) is 0 Å². The van der Waals surface area contributed by atoms with Crippen molar-refractivity contribution in [3.8, 4) is 0 Å². The molecule has 4 heteroatoms. The Balaban J connectivity index is 2.42. The van der Waals surface area contributed by atoms with Crippen LogP contribution < -0.4 is 5.73 Å². The van der Waals surface area contributed by atoms with Gasteiger partial charge in [-0.2, -0.15) is 0 Å². The Morgan fingerprint density at radius 3 is 2.44 bits per heavy atom. The second-order valence-corrected chi connectivity index (χ2v) is 4.26. The predicted octanol–water partition coefficient (Wildman–Crippen LogP) is 1.18. The van der Waals surface area contributed by atoms with Crippen molar-refractivity contribution in [2.75, 3.05) is 26.8 Å². The second-order valence-electron chi connectivity index (χ2n) is 4.26. The van der Waals surface area contributed by atoms with Gasteiger partial charge in [-0.25, -0.2) is 0 Å². The minimum absolute atomic E-state index is 0.0250. The maximum atomic E-state index is 11.7. The number of hydrogen-bond donors (Lipinski definition) is 1. The molecule has 0 atom stereocenters. The van der Waals surface area contributed by atoms with E-state index in [1.165, 1.54) is 5.56 Å². The number of ether oxygens (including phenoxy) is 1. The molecule has 0 radical (unpaired) electrons. The zero-order chi connectivity index (χ0) is 13.4.